The van der Waals surface area contributed by atoms with E-state index in [0.717, 1.165) is 34.4 Å². The lowest BCUT2D eigenvalue weighted by Crippen LogP contribution is -2.00. The minimum absolute atomic E-state index is 0.302. The van der Waals surface area contributed by atoms with Crippen LogP contribution in [-0.4, -0.2) is 13.7 Å². The predicted molar refractivity (Wildman–Crippen MR) is 64.3 cm³/mol. The monoisotopic (exact) mass is 239 g/mol. The third-order valence-electron chi connectivity index (χ3n) is 2.35. The van der Waals surface area contributed by atoms with Gasteiger partial charge in [-0.3, -0.25) is 0 Å². The van der Waals surface area contributed by atoms with Gasteiger partial charge in [-0.2, -0.15) is 0 Å². The first-order chi connectivity index (χ1) is 7.74. The van der Waals surface area contributed by atoms with Crippen molar-refractivity contribution in [3.8, 4) is 5.75 Å². The zero-order valence-electron chi connectivity index (χ0n) is 8.99. The molecule has 1 aromatic carbocycles. The van der Waals surface area contributed by atoms with Crippen LogP contribution in [0.5, 0.6) is 5.75 Å². The molecule has 0 aliphatic rings. The van der Waals surface area contributed by atoms with E-state index in [2.05, 4.69) is 0 Å². The van der Waals surface area contributed by atoms with Crippen molar-refractivity contribution in [1.82, 2.24) is 0 Å². The Morgan fingerprint density at radius 1 is 1.50 bits per heavy atom. The fourth-order valence-corrected chi connectivity index (χ4v) is 2.35. The second-order valence-corrected chi connectivity index (χ2v) is 4.45. The van der Waals surface area contributed by atoms with Crippen molar-refractivity contribution in [1.29, 1.82) is 0 Å². The summed E-state index contributed by atoms with van der Waals surface area (Å²) >= 11 is 1.10. The first-order valence-electron chi connectivity index (χ1n) is 5.05. The average Bonchev–Trinajstić information content (AvgIpc) is 2.65. The van der Waals surface area contributed by atoms with Crippen molar-refractivity contribution < 1.29 is 9.15 Å². The second-order valence-electron chi connectivity index (χ2n) is 3.47. The molecule has 0 amide bonds. The van der Waals surface area contributed by atoms with Crippen LogP contribution in [0.2, 0.25) is 0 Å². The molecule has 0 aliphatic heterocycles. The molecule has 2 rings (SSSR count). The molecule has 2 N–H and O–H groups in total. The zero-order valence-corrected chi connectivity index (χ0v) is 9.80. The summed E-state index contributed by atoms with van der Waals surface area (Å²) in [6.45, 7) is 0.655. The van der Waals surface area contributed by atoms with Crippen LogP contribution in [0.4, 0.5) is 0 Å². The highest BCUT2D eigenvalue weighted by molar-refractivity contribution is 7.16. The maximum absolute atomic E-state index is 11.2. The quantitative estimate of drug-likeness (QED) is 0.882. The Labute approximate surface area is 96.6 Å². The number of hydrogen-bond acceptors (Lipinski definition) is 5. The molecule has 0 fully saturated rings. The Hall–Kier alpha value is -1.33. The van der Waals surface area contributed by atoms with Crippen LogP contribution in [0.25, 0.3) is 10.3 Å². The van der Waals surface area contributed by atoms with E-state index in [9.17, 15) is 4.79 Å². The van der Waals surface area contributed by atoms with Gasteiger partial charge in [0, 0.05) is 0 Å². The van der Waals surface area contributed by atoms with Crippen LogP contribution < -0.4 is 15.4 Å². The van der Waals surface area contributed by atoms with Gasteiger partial charge >= 0.3 is 4.94 Å². The van der Waals surface area contributed by atoms with Crippen LogP contribution in [0.3, 0.4) is 0 Å². The molecule has 0 radical (unpaired) electrons. The van der Waals surface area contributed by atoms with Gasteiger partial charge in [-0.25, -0.2) is 4.79 Å². The minimum Gasteiger partial charge on any atom is -0.493 e. The van der Waals surface area contributed by atoms with Gasteiger partial charge in [-0.15, -0.1) is 0 Å². The summed E-state index contributed by atoms with van der Waals surface area (Å²) in [5, 5.41) is 0. The van der Waals surface area contributed by atoms with Crippen LogP contribution >= 0.6 is 11.3 Å². The van der Waals surface area contributed by atoms with Gasteiger partial charge in [0.2, 0.25) is 0 Å². The highest BCUT2D eigenvalue weighted by atomic mass is 32.1. The van der Waals surface area contributed by atoms with Crippen LogP contribution in [0.15, 0.2) is 21.3 Å². The predicted octanol–water partition coefficient (Wildman–Crippen LogP) is 1.75. The molecule has 2 aromatic rings. The van der Waals surface area contributed by atoms with E-state index in [4.69, 9.17) is 14.9 Å². The van der Waals surface area contributed by atoms with Crippen molar-refractivity contribution in [3.05, 3.63) is 27.4 Å². The number of methoxy groups -OCH3 is 1. The zero-order chi connectivity index (χ0) is 11.5. The number of nitrogens with two attached hydrogens (primary N) is 1. The minimum atomic E-state index is -0.302. The summed E-state index contributed by atoms with van der Waals surface area (Å²) < 4.78 is 11.1. The molecule has 0 bridgehead atoms. The smallest absolute Gasteiger partial charge is 0.396 e. The molecule has 86 valence electrons. The molecule has 16 heavy (non-hydrogen) atoms. The van der Waals surface area contributed by atoms with Crippen LogP contribution in [-0.2, 0) is 6.42 Å². The molecule has 0 saturated heterocycles. The van der Waals surface area contributed by atoms with Crippen molar-refractivity contribution >= 4 is 21.6 Å². The number of fused-ring (bicyclic) bond motifs is 1. The van der Waals surface area contributed by atoms with Gasteiger partial charge in [0.25, 0.3) is 0 Å². The number of benzene rings is 1. The second kappa shape index (κ2) is 4.67. The van der Waals surface area contributed by atoms with E-state index < -0.39 is 0 Å². The van der Waals surface area contributed by atoms with Gasteiger partial charge in [0.15, 0.2) is 11.3 Å². The van der Waals surface area contributed by atoms with Gasteiger partial charge in [-0.05, 0) is 37.1 Å². The lowest BCUT2D eigenvalue weighted by atomic mass is 10.1. The maximum Gasteiger partial charge on any atom is 0.396 e. The SMILES string of the molecule is COc1cc(CCCN)cc2sc(=O)oc12. The topological polar surface area (TPSA) is 65.5 Å². The lowest BCUT2D eigenvalue weighted by Gasteiger charge is -2.04. The fourth-order valence-electron chi connectivity index (χ4n) is 1.60. The molecule has 0 atom stereocenters. The standard InChI is InChI=1S/C11H13NO3S/c1-14-8-5-7(3-2-4-12)6-9-10(8)15-11(13)16-9/h5-6H,2-4,12H2,1H3. The number of rotatable bonds is 4. The molecule has 4 nitrogen and oxygen atoms in total. The number of ether oxygens (including phenoxy) is 1. The highest BCUT2D eigenvalue weighted by Gasteiger charge is 2.10. The molecule has 5 heteroatoms. The van der Waals surface area contributed by atoms with E-state index >= 15 is 0 Å². The van der Waals surface area contributed by atoms with Crippen molar-refractivity contribution in [2.45, 2.75) is 12.8 Å². The van der Waals surface area contributed by atoms with Crippen LogP contribution in [0, 0.1) is 0 Å². The van der Waals surface area contributed by atoms with E-state index in [1.165, 1.54) is 0 Å². The summed E-state index contributed by atoms with van der Waals surface area (Å²) in [5.41, 5.74) is 7.12. The molecular weight excluding hydrogens is 226 g/mol. The van der Waals surface area contributed by atoms with Crippen LogP contribution in [0.1, 0.15) is 12.0 Å². The highest BCUT2D eigenvalue weighted by Crippen LogP contribution is 2.29. The molecule has 1 heterocycles. The Balaban J connectivity index is 2.49. The van der Waals surface area contributed by atoms with Gasteiger partial charge in [-0.1, -0.05) is 11.3 Å². The van der Waals surface area contributed by atoms with Gasteiger partial charge < -0.3 is 14.9 Å². The van der Waals surface area contributed by atoms with E-state index in [1.54, 1.807) is 7.11 Å². The van der Waals surface area contributed by atoms with Gasteiger partial charge in [0.05, 0.1) is 11.8 Å². The third kappa shape index (κ3) is 2.10. The third-order valence-corrected chi connectivity index (χ3v) is 3.12. The molecule has 0 spiro atoms. The summed E-state index contributed by atoms with van der Waals surface area (Å²) in [4.78, 5) is 10.9. The molecule has 0 unspecified atom stereocenters. The molecule has 0 aliphatic carbocycles. The summed E-state index contributed by atoms with van der Waals surface area (Å²) in [7, 11) is 1.57. The number of hydrogen-bond donors (Lipinski definition) is 1. The molecular formula is C11H13NO3S. The first kappa shape index (κ1) is 11.2. The Bertz CT molecular complexity index is 544. The van der Waals surface area contributed by atoms with Crippen molar-refractivity contribution in [3.63, 3.8) is 0 Å². The van der Waals surface area contributed by atoms with E-state index in [0.29, 0.717) is 17.9 Å². The molecule has 0 saturated carbocycles. The van der Waals surface area contributed by atoms with Crippen molar-refractivity contribution in [2.75, 3.05) is 13.7 Å². The van der Waals surface area contributed by atoms with Crippen molar-refractivity contribution in [2.24, 2.45) is 5.73 Å². The molecule has 1 aromatic heterocycles. The lowest BCUT2D eigenvalue weighted by molar-refractivity contribution is 0.408. The Morgan fingerprint density at radius 2 is 2.31 bits per heavy atom. The first-order valence-corrected chi connectivity index (χ1v) is 5.87. The van der Waals surface area contributed by atoms with Gasteiger partial charge in [0.1, 0.15) is 0 Å². The maximum atomic E-state index is 11.2. The van der Waals surface area contributed by atoms with E-state index in [1.807, 2.05) is 12.1 Å². The summed E-state index contributed by atoms with van der Waals surface area (Å²) in [6, 6.07) is 3.86. The summed E-state index contributed by atoms with van der Waals surface area (Å²) in [6.07, 6.45) is 1.80. The fraction of sp³-hybridized carbons (Fsp3) is 0.364. The summed E-state index contributed by atoms with van der Waals surface area (Å²) in [5.74, 6) is 0.614. The largest absolute Gasteiger partial charge is 0.493 e. The Morgan fingerprint density at radius 3 is 3.00 bits per heavy atom. The van der Waals surface area contributed by atoms with E-state index in [-0.39, 0.29) is 4.94 Å². The Kier molecular flexibility index (Phi) is 3.26. The normalized spacial score (nSPS) is 10.9. The number of aryl methyl sites for hydroxylation is 1. The average molecular weight is 239 g/mol.